The smallest absolute Gasteiger partial charge is 0.0670 e. The first-order chi connectivity index (χ1) is 10.7. The molecule has 1 aliphatic heterocycles. The minimum atomic E-state index is -1.37. The van der Waals surface area contributed by atoms with Crippen molar-refractivity contribution in [1.29, 1.82) is 0 Å². The molecule has 2 N–H and O–H groups in total. The summed E-state index contributed by atoms with van der Waals surface area (Å²) in [5.41, 5.74) is 2.00. The molecular formula is C19H37NOSi. The minimum Gasteiger partial charge on any atom is -0.392 e. The Labute approximate surface area is 138 Å². The Hall–Kier alpha value is 0.137. The predicted molar refractivity (Wildman–Crippen MR) is 97.1 cm³/mol. The summed E-state index contributed by atoms with van der Waals surface area (Å²) in [5, 5.41) is 14.5. The van der Waals surface area contributed by atoms with Gasteiger partial charge in [0.2, 0.25) is 0 Å². The van der Waals surface area contributed by atoms with Crippen molar-refractivity contribution in [2.45, 2.75) is 113 Å². The summed E-state index contributed by atoms with van der Waals surface area (Å²) in [6.07, 6.45) is 17.0. The van der Waals surface area contributed by atoms with Crippen molar-refractivity contribution in [1.82, 2.24) is 5.32 Å². The molecule has 2 nitrogen and oxygen atoms in total. The topological polar surface area (TPSA) is 32.3 Å². The van der Waals surface area contributed by atoms with Crippen molar-refractivity contribution >= 4 is 8.07 Å². The van der Waals surface area contributed by atoms with E-state index in [4.69, 9.17) is 0 Å². The molecule has 2 saturated carbocycles. The van der Waals surface area contributed by atoms with Crippen LogP contribution in [0, 0.1) is 0 Å². The van der Waals surface area contributed by atoms with Crippen LogP contribution in [-0.2, 0) is 0 Å². The lowest BCUT2D eigenvalue weighted by Crippen LogP contribution is -2.49. The molecule has 0 radical (unpaired) electrons. The van der Waals surface area contributed by atoms with Crippen molar-refractivity contribution in [3.8, 4) is 0 Å². The van der Waals surface area contributed by atoms with Crippen molar-refractivity contribution < 1.29 is 5.11 Å². The molecule has 128 valence electrons. The second-order valence-corrected chi connectivity index (χ2v) is 13.7. The third-order valence-corrected chi connectivity index (χ3v) is 13.5. The van der Waals surface area contributed by atoms with E-state index in [1.807, 2.05) is 0 Å². The van der Waals surface area contributed by atoms with Crippen LogP contribution in [0.5, 0.6) is 0 Å². The van der Waals surface area contributed by atoms with Crippen molar-refractivity contribution in [3.63, 3.8) is 0 Å². The van der Waals surface area contributed by atoms with Gasteiger partial charge in [-0.15, -0.1) is 0 Å². The molecule has 0 aromatic rings. The summed E-state index contributed by atoms with van der Waals surface area (Å²) in [6, 6.07) is 1.58. The van der Waals surface area contributed by atoms with Gasteiger partial charge in [-0.1, -0.05) is 70.8 Å². The van der Waals surface area contributed by atoms with Gasteiger partial charge >= 0.3 is 0 Å². The van der Waals surface area contributed by atoms with Crippen LogP contribution < -0.4 is 5.32 Å². The van der Waals surface area contributed by atoms with E-state index < -0.39 is 8.07 Å². The Morgan fingerprint density at radius 2 is 1.41 bits per heavy atom. The second kappa shape index (κ2) is 7.81. The lowest BCUT2D eigenvalue weighted by atomic mass is 9.99. The Bertz CT molecular complexity index is 312. The number of hydrogen-bond donors (Lipinski definition) is 2. The first kappa shape index (κ1) is 17.0. The maximum atomic E-state index is 10.9. The maximum absolute atomic E-state index is 10.9. The summed E-state index contributed by atoms with van der Waals surface area (Å²) in [6.45, 7) is 3.81. The van der Waals surface area contributed by atoms with Crippen molar-refractivity contribution in [3.05, 3.63) is 0 Å². The highest BCUT2D eigenvalue weighted by Gasteiger charge is 2.45. The summed E-state index contributed by atoms with van der Waals surface area (Å²) in [5.74, 6) is 0. The van der Waals surface area contributed by atoms with Gasteiger partial charge in [-0.3, -0.25) is 0 Å². The molecule has 1 heterocycles. The molecule has 2 aliphatic carbocycles. The zero-order valence-corrected chi connectivity index (χ0v) is 15.7. The quantitative estimate of drug-likeness (QED) is 0.709. The van der Waals surface area contributed by atoms with Gasteiger partial charge in [0.05, 0.1) is 14.2 Å². The Balaban J connectivity index is 1.71. The zero-order chi connectivity index (χ0) is 15.4. The van der Waals surface area contributed by atoms with Crippen LogP contribution in [0.25, 0.3) is 0 Å². The number of aliphatic hydroxyl groups is 1. The number of aliphatic hydroxyl groups excluding tert-OH is 1. The van der Waals surface area contributed by atoms with E-state index in [0.717, 1.165) is 17.6 Å². The summed E-state index contributed by atoms with van der Waals surface area (Å²) in [4.78, 5) is 0. The molecule has 0 aromatic heterocycles. The van der Waals surface area contributed by atoms with Crippen LogP contribution in [0.2, 0.25) is 23.7 Å². The average Bonchev–Trinajstić information content (AvgIpc) is 3.11. The minimum absolute atomic E-state index is 0.0666. The summed E-state index contributed by atoms with van der Waals surface area (Å²) < 4.78 is 0. The first-order valence-corrected chi connectivity index (χ1v) is 13.0. The molecule has 22 heavy (non-hydrogen) atoms. The SMILES string of the molecule is C[Si](C[C@H](O)[C@H]1CCCN1)(C1CCCCC1)C1CCCCC1. The Morgan fingerprint density at radius 1 is 0.864 bits per heavy atom. The highest BCUT2D eigenvalue weighted by Crippen LogP contribution is 2.50. The van der Waals surface area contributed by atoms with Gasteiger partial charge in [-0.2, -0.15) is 0 Å². The van der Waals surface area contributed by atoms with E-state index in [1.54, 1.807) is 0 Å². The molecule has 0 spiro atoms. The van der Waals surface area contributed by atoms with Gasteiger partial charge < -0.3 is 10.4 Å². The lowest BCUT2D eigenvalue weighted by Gasteiger charge is -2.47. The lowest BCUT2D eigenvalue weighted by molar-refractivity contribution is 0.151. The molecule has 3 aliphatic rings. The van der Waals surface area contributed by atoms with Gasteiger partial charge in [-0.25, -0.2) is 0 Å². The molecule has 3 fully saturated rings. The molecule has 2 atom stereocenters. The molecule has 3 rings (SSSR count). The zero-order valence-electron chi connectivity index (χ0n) is 14.7. The summed E-state index contributed by atoms with van der Waals surface area (Å²) >= 11 is 0. The average molecular weight is 324 g/mol. The van der Waals surface area contributed by atoms with Gasteiger partial charge in [-0.05, 0) is 36.5 Å². The molecule has 1 saturated heterocycles. The van der Waals surface area contributed by atoms with E-state index in [1.165, 1.54) is 83.1 Å². The van der Waals surface area contributed by atoms with Crippen LogP contribution in [-0.4, -0.2) is 31.9 Å². The van der Waals surface area contributed by atoms with Gasteiger partial charge in [0.15, 0.2) is 0 Å². The highest BCUT2D eigenvalue weighted by molar-refractivity contribution is 6.81. The van der Waals surface area contributed by atoms with Crippen molar-refractivity contribution in [2.24, 2.45) is 0 Å². The van der Waals surface area contributed by atoms with Gasteiger partial charge in [0.25, 0.3) is 0 Å². The van der Waals surface area contributed by atoms with Crippen LogP contribution in [0.4, 0.5) is 0 Å². The highest BCUT2D eigenvalue weighted by atomic mass is 28.3. The van der Waals surface area contributed by atoms with E-state index in [9.17, 15) is 5.11 Å². The Kier molecular flexibility index (Phi) is 6.02. The second-order valence-electron chi connectivity index (χ2n) is 8.65. The molecule has 0 unspecified atom stereocenters. The van der Waals surface area contributed by atoms with E-state index >= 15 is 0 Å². The standard InChI is InChI=1S/C19H37NOSi/c1-22(16-9-4-2-5-10-16,17-11-6-3-7-12-17)15-19(21)18-13-8-14-20-18/h16-21H,2-15H2,1H3/t18-,19+/m1/s1. The number of rotatable bonds is 5. The third-order valence-electron chi connectivity index (χ3n) is 7.29. The maximum Gasteiger partial charge on any atom is 0.0670 e. The molecule has 0 amide bonds. The predicted octanol–water partition coefficient (Wildman–Crippen LogP) is 4.85. The monoisotopic (exact) mass is 323 g/mol. The van der Waals surface area contributed by atoms with E-state index in [2.05, 4.69) is 11.9 Å². The number of nitrogens with one attached hydrogen (secondary N) is 1. The van der Waals surface area contributed by atoms with Crippen LogP contribution in [0.1, 0.15) is 77.0 Å². The largest absolute Gasteiger partial charge is 0.392 e. The first-order valence-electron chi connectivity index (χ1n) is 10.1. The van der Waals surface area contributed by atoms with E-state index in [0.29, 0.717) is 6.04 Å². The molecular weight excluding hydrogens is 286 g/mol. The molecule has 0 bridgehead atoms. The fourth-order valence-corrected chi connectivity index (χ4v) is 11.8. The van der Waals surface area contributed by atoms with Crippen LogP contribution in [0.15, 0.2) is 0 Å². The van der Waals surface area contributed by atoms with Gasteiger partial charge in [0.1, 0.15) is 0 Å². The Morgan fingerprint density at radius 3 is 1.86 bits per heavy atom. The normalized spacial score (nSPS) is 30.5. The molecule has 3 heteroatoms. The fraction of sp³-hybridized carbons (Fsp3) is 1.00. The number of hydrogen-bond acceptors (Lipinski definition) is 2. The van der Waals surface area contributed by atoms with Gasteiger partial charge in [0, 0.05) is 6.04 Å². The van der Waals surface area contributed by atoms with E-state index in [-0.39, 0.29) is 6.10 Å². The third kappa shape index (κ3) is 3.79. The van der Waals surface area contributed by atoms with Crippen molar-refractivity contribution in [2.75, 3.05) is 6.54 Å². The van der Waals surface area contributed by atoms with Crippen LogP contribution >= 0.6 is 0 Å². The molecule has 0 aromatic carbocycles. The fourth-order valence-electron chi connectivity index (χ4n) is 5.82. The summed E-state index contributed by atoms with van der Waals surface area (Å²) in [7, 11) is -1.37. The van der Waals surface area contributed by atoms with Crippen LogP contribution in [0.3, 0.4) is 0 Å².